The van der Waals surface area contributed by atoms with E-state index in [9.17, 15) is 4.79 Å². The van der Waals surface area contributed by atoms with Crippen LogP contribution in [0.15, 0.2) is 54.6 Å². The maximum absolute atomic E-state index is 12.7. The van der Waals surface area contributed by atoms with Crippen LogP contribution < -0.4 is 4.90 Å². The van der Waals surface area contributed by atoms with Gasteiger partial charge in [0, 0.05) is 44.0 Å². The van der Waals surface area contributed by atoms with Gasteiger partial charge in [0.2, 0.25) is 5.91 Å². The third-order valence-corrected chi connectivity index (χ3v) is 5.82. The monoisotopic (exact) mass is 402 g/mol. The van der Waals surface area contributed by atoms with Crippen molar-refractivity contribution in [2.45, 2.75) is 33.6 Å². The van der Waals surface area contributed by atoms with E-state index < -0.39 is 0 Å². The zero-order valence-electron chi connectivity index (χ0n) is 18.1. The van der Waals surface area contributed by atoms with Crippen LogP contribution in [0.4, 0.5) is 5.69 Å². The van der Waals surface area contributed by atoms with Crippen LogP contribution in [0, 0.1) is 20.8 Å². The van der Waals surface area contributed by atoms with Crippen LogP contribution in [0.2, 0.25) is 0 Å². The van der Waals surface area contributed by atoms with E-state index in [1.54, 1.807) is 0 Å². The average Bonchev–Trinajstić information content (AvgIpc) is 3.10. The molecule has 1 amide bonds. The maximum atomic E-state index is 12.7. The molecule has 3 aromatic rings. The van der Waals surface area contributed by atoms with E-state index in [1.807, 2.05) is 16.5 Å². The average molecular weight is 403 g/mol. The summed E-state index contributed by atoms with van der Waals surface area (Å²) in [6.07, 6.45) is 1.33. The van der Waals surface area contributed by atoms with E-state index in [-0.39, 0.29) is 5.91 Å². The van der Waals surface area contributed by atoms with Crippen molar-refractivity contribution < 1.29 is 4.79 Å². The van der Waals surface area contributed by atoms with Crippen molar-refractivity contribution in [3.8, 4) is 5.69 Å². The molecule has 0 aliphatic carbocycles. The van der Waals surface area contributed by atoms with Crippen LogP contribution in [0.25, 0.3) is 5.69 Å². The van der Waals surface area contributed by atoms with Gasteiger partial charge in [-0.2, -0.15) is 5.10 Å². The number of hydrogen-bond acceptors (Lipinski definition) is 3. The topological polar surface area (TPSA) is 41.4 Å². The fourth-order valence-electron chi connectivity index (χ4n) is 4.14. The van der Waals surface area contributed by atoms with Crippen LogP contribution in [-0.4, -0.2) is 46.8 Å². The molecule has 1 aliphatic heterocycles. The summed E-state index contributed by atoms with van der Waals surface area (Å²) < 4.78 is 1.96. The molecule has 2 heterocycles. The SMILES string of the molecule is Cc1cccc(N2CCN(C(=O)CCc3ccc(-n4nc(C)cc4C)cc3)CC2)c1. The van der Waals surface area contributed by atoms with Gasteiger partial charge < -0.3 is 9.80 Å². The first-order valence-corrected chi connectivity index (χ1v) is 10.7. The van der Waals surface area contributed by atoms with Crippen molar-refractivity contribution in [2.75, 3.05) is 31.1 Å². The molecular weight excluding hydrogens is 372 g/mol. The highest BCUT2D eigenvalue weighted by Gasteiger charge is 2.21. The van der Waals surface area contributed by atoms with Crippen molar-refractivity contribution in [1.29, 1.82) is 0 Å². The van der Waals surface area contributed by atoms with Gasteiger partial charge in [0.25, 0.3) is 0 Å². The molecule has 1 aromatic heterocycles. The highest BCUT2D eigenvalue weighted by atomic mass is 16.2. The molecule has 5 nitrogen and oxygen atoms in total. The number of piperazine rings is 1. The van der Waals surface area contributed by atoms with Gasteiger partial charge in [0.15, 0.2) is 0 Å². The number of aromatic nitrogens is 2. The molecule has 30 heavy (non-hydrogen) atoms. The van der Waals surface area contributed by atoms with Gasteiger partial charge in [-0.15, -0.1) is 0 Å². The lowest BCUT2D eigenvalue weighted by atomic mass is 10.1. The molecule has 4 rings (SSSR count). The first-order valence-electron chi connectivity index (χ1n) is 10.7. The Kier molecular flexibility index (Phi) is 5.88. The zero-order chi connectivity index (χ0) is 21.1. The summed E-state index contributed by atoms with van der Waals surface area (Å²) >= 11 is 0. The molecular formula is C25H30N4O. The van der Waals surface area contributed by atoms with Crippen molar-refractivity contribution in [3.05, 3.63) is 77.1 Å². The largest absolute Gasteiger partial charge is 0.368 e. The highest BCUT2D eigenvalue weighted by Crippen LogP contribution is 2.19. The van der Waals surface area contributed by atoms with Gasteiger partial charge >= 0.3 is 0 Å². The predicted molar refractivity (Wildman–Crippen MR) is 121 cm³/mol. The Balaban J connectivity index is 1.28. The van der Waals surface area contributed by atoms with E-state index in [1.165, 1.54) is 16.8 Å². The molecule has 0 radical (unpaired) electrons. The molecule has 0 unspecified atom stereocenters. The van der Waals surface area contributed by atoms with E-state index in [0.717, 1.165) is 49.7 Å². The molecule has 0 bridgehead atoms. The molecule has 1 fully saturated rings. The Morgan fingerprint density at radius 3 is 2.27 bits per heavy atom. The molecule has 5 heteroatoms. The number of carbonyl (C=O) groups excluding carboxylic acids is 1. The van der Waals surface area contributed by atoms with Gasteiger partial charge in [-0.3, -0.25) is 4.79 Å². The van der Waals surface area contributed by atoms with E-state index >= 15 is 0 Å². The molecule has 1 aliphatic rings. The summed E-state index contributed by atoms with van der Waals surface area (Å²) in [4.78, 5) is 17.1. The molecule has 1 saturated heterocycles. The van der Waals surface area contributed by atoms with Gasteiger partial charge in [-0.25, -0.2) is 4.68 Å². The second-order valence-corrected chi connectivity index (χ2v) is 8.21. The normalized spacial score (nSPS) is 14.2. The van der Waals surface area contributed by atoms with Gasteiger partial charge in [-0.1, -0.05) is 24.3 Å². The molecule has 0 atom stereocenters. The van der Waals surface area contributed by atoms with Crippen molar-refractivity contribution in [2.24, 2.45) is 0 Å². The third-order valence-electron chi connectivity index (χ3n) is 5.82. The van der Waals surface area contributed by atoms with E-state index in [4.69, 9.17) is 0 Å². The fourth-order valence-corrected chi connectivity index (χ4v) is 4.14. The summed E-state index contributed by atoms with van der Waals surface area (Å²) in [6.45, 7) is 9.56. The number of amides is 1. The number of benzene rings is 2. The van der Waals surface area contributed by atoms with E-state index in [2.05, 4.69) is 78.4 Å². The number of carbonyl (C=O) groups is 1. The Bertz CT molecular complexity index is 1010. The van der Waals surface area contributed by atoms with Gasteiger partial charge in [0.05, 0.1) is 11.4 Å². The standard InChI is InChI=1S/C25H30N4O/c1-19-5-4-6-24(17-19)27-13-15-28(16-14-27)25(30)12-9-22-7-10-23(11-8-22)29-21(3)18-20(2)26-29/h4-8,10-11,17-18H,9,12-16H2,1-3H3. The minimum absolute atomic E-state index is 0.251. The number of nitrogens with zero attached hydrogens (tertiary/aromatic N) is 4. The van der Waals surface area contributed by atoms with Crippen LogP contribution in [0.3, 0.4) is 0 Å². The lowest BCUT2D eigenvalue weighted by Gasteiger charge is -2.36. The molecule has 2 aromatic carbocycles. The van der Waals surface area contributed by atoms with Gasteiger partial charge in [-0.05, 0) is 68.7 Å². The Labute approximate surface area is 178 Å². The third kappa shape index (κ3) is 4.56. The van der Waals surface area contributed by atoms with Crippen LogP contribution in [-0.2, 0) is 11.2 Å². The zero-order valence-corrected chi connectivity index (χ0v) is 18.1. The second-order valence-electron chi connectivity index (χ2n) is 8.21. The van der Waals surface area contributed by atoms with Crippen LogP contribution in [0.1, 0.15) is 28.9 Å². The Morgan fingerprint density at radius 2 is 1.63 bits per heavy atom. The number of aryl methyl sites for hydroxylation is 4. The number of rotatable bonds is 5. The number of anilines is 1. The fraction of sp³-hybridized carbons (Fsp3) is 0.360. The summed E-state index contributed by atoms with van der Waals surface area (Å²) in [5.74, 6) is 0.251. The van der Waals surface area contributed by atoms with Crippen molar-refractivity contribution in [1.82, 2.24) is 14.7 Å². The molecule has 156 valence electrons. The predicted octanol–water partition coefficient (Wildman–Crippen LogP) is 4.08. The smallest absolute Gasteiger partial charge is 0.223 e. The lowest BCUT2D eigenvalue weighted by Crippen LogP contribution is -2.48. The summed E-state index contributed by atoms with van der Waals surface area (Å²) in [7, 11) is 0. The Morgan fingerprint density at radius 1 is 0.900 bits per heavy atom. The van der Waals surface area contributed by atoms with Crippen molar-refractivity contribution >= 4 is 11.6 Å². The molecule has 0 saturated carbocycles. The van der Waals surface area contributed by atoms with Crippen LogP contribution >= 0.6 is 0 Å². The van der Waals surface area contributed by atoms with Crippen molar-refractivity contribution in [3.63, 3.8) is 0 Å². The minimum atomic E-state index is 0.251. The Hall–Kier alpha value is -3.08. The minimum Gasteiger partial charge on any atom is -0.368 e. The lowest BCUT2D eigenvalue weighted by molar-refractivity contribution is -0.131. The van der Waals surface area contributed by atoms with E-state index in [0.29, 0.717) is 6.42 Å². The van der Waals surface area contributed by atoms with Crippen LogP contribution in [0.5, 0.6) is 0 Å². The summed E-state index contributed by atoms with van der Waals surface area (Å²) in [5, 5.41) is 4.53. The molecule has 0 N–H and O–H groups in total. The maximum Gasteiger partial charge on any atom is 0.223 e. The molecule has 0 spiro atoms. The second kappa shape index (κ2) is 8.74. The van der Waals surface area contributed by atoms with Gasteiger partial charge in [0.1, 0.15) is 0 Å². The first kappa shape index (κ1) is 20.2. The highest BCUT2D eigenvalue weighted by molar-refractivity contribution is 5.76. The summed E-state index contributed by atoms with van der Waals surface area (Å²) in [5.41, 5.74) is 6.92. The summed E-state index contributed by atoms with van der Waals surface area (Å²) in [6, 6.07) is 19.0. The first-order chi connectivity index (χ1) is 14.5. The number of hydrogen-bond donors (Lipinski definition) is 0. The quantitative estimate of drug-likeness (QED) is 0.646.